The van der Waals surface area contributed by atoms with Crippen molar-refractivity contribution in [3.05, 3.63) is 24.3 Å². The lowest BCUT2D eigenvalue weighted by Gasteiger charge is -2.34. The standard InChI is InChI=1S/C16H22F2N2OS/c1-2-13-5-3-4-10-20(13)11-15(21)19-12-6-8-14(9-7-12)22-16(17)18/h6-9,13,16H,2-5,10-11H2,1H3,(H,19,21). The van der Waals surface area contributed by atoms with Gasteiger partial charge in [-0.2, -0.15) is 8.78 Å². The van der Waals surface area contributed by atoms with Crippen LogP contribution in [0.5, 0.6) is 0 Å². The molecule has 1 aliphatic heterocycles. The highest BCUT2D eigenvalue weighted by Gasteiger charge is 2.22. The average Bonchev–Trinajstić information content (AvgIpc) is 2.49. The third kappa shape index (κ3) is 5.25. The summed E-state index contributed by atoms with van der Waals surface area (Å²) in [5.74, 6) is -2.47. The zero-order valence-electron chi connectivity index (χ0n) is 12.7. The van der Waals surface area contributed by atoms with Gasteiger partial charge in [-0.3, -0.25) is 9.69 Å². The number of anilines is 1. The number of rotatable bonds is 6. The number of thioether (sulfide) groups is 1. The van der Waals surface area contributed by atoms with Crippen molar-refractivity contribution in [2.24, 2.45) is 0 Å². The van der Waals surface area contributed by atoms with Crippen LogP contribution in [0, 0.1) is 0 Å². The van der Waals surface area contributed by atoms with Crippen molar-refractivity contribution in [2.75, 3.05) is 18.4 Å². The van der Waals surface area contributed by atoms with E-state index in [0.717, 1.165) is 25.8 Å². The van der Waals surface area contributed by atoms with Crippen LogP contribution in [0.4, 0.5) is 14.5 Å². The van der Waals surface area contributed by atoms with Gasteiger partial charge in [-0.1, -0.05) is 25.1 Å². The van der Waals surface area contributed by atoms with Crippen LogP contribution in [-0.4, -0.2) is 35.7 Å². The number of alkyl halides is 2. The number of piperidine rings is 1. The molecule has 1 N–H and O–H groups in total. The maximum Gasteiger partial charge on any atom is 0.288 e. The second-order valence-electron chi connectivity index (χ2n) is 5.48. The summed E-state index contributed by atoms with van der Waals surface area (Å²) in [4.78, 5) is 14.9. The van der Waals surface area contributed by atoms with Gasteiger partial charge in [0.1, 0.15) is 0 Å². The van der Waals surface area contributed by atoms with Gasteiger partial charge < -0.3 is 5.32 Å². The number of hydrogen-bond donors (Lipinski definition) is 1. The van der Waals surface area contributed by atoms with Gasteiger partial charge in [0.25, 0.3) is 5.76 Å². The molecule has 3 nitrogen and oxygen atoms in total. The van der Waals surface area contributed by atoms with Crippen LogP contribution in [0.25, 0.3) is 0 Å². The van der Waals surface area contributed by atoms with Crippen molar-refractivity contribution < 1.29 is 13.6 Å². The van der Waals surface area contributed by atoms with Crippen LogP contribution < -0.4 is 5.32 Å². The first-order valence-corrected chi connectivity index (χ1v) is 8.55. The number of carbonyl (C=O) groups excluding carboxylic acids is 1. The molecular weight excluding hydrogens is 306 g/mol. The average molecular weight is 328 g/mol. The van der Waals surface area contributed by atoms with Crippen LogP contribution in [-0.2, 0) is 4.79 Å². The van der Waals surface area contributed by atoms with E-state index in [0.29, 0.717) is 34.9 Å². The third-order valence-electron chi connectivity index (χ3n) is 3.93. The normalized spacial score (nSPS) is 19.4. The van der Waals surface area contributed by atoms with Crippen LogP contribution >= 0.6 is 11.8 Å². The quantitative estimate of drug-likeness (QED) is 0.794. The minimum absolute atomic E-state index is 0.0467. The highest BCUT2D eigenvalue weighted by molar-refractivity contribution is 7.99. The van der Waals surface area contributed by atoms with Crippen molar-refractivity contribution in [1.29, 1.82) is 0 Å². The van der Waals surface area contributed by atoms with E-state index in [4.69, 9.17) is 0 Å². The zero-order valence-corrected chi connectivity index (χ0v) is 13.5. The summed E-state index contributed by atoms with van der Waals surface area (Å²) in [6, 6.07) is 7.01. The van der Waals surface area contributed by atoms with Crippen LogP contribution in [0.15, 0.2) is 29.2 Å². The van der Waals surface area contributed by atoms with E-state index in [9.17, 15) is 13.6 Å². The van der Waals surface area contributed by atoms with Crippen molar-refractivity contribution in [3.8, 4) is 0 Å². The Bertz CT molecular complexity index is 482. The summed E-state index contributed by atoms with van der Waals surface area (Å²) in [5.41, 5.74) is 0.647. The molecule has 122 valence electrons. The Labute approximate surface area is 134 Å². The Morgan fingerprint density at radius 1 is 1.36 bits per heavy atom. The Morgan fingerprint density at radius 3 is 2.73 bits per heavy atom. The van der Waals surface area contributed by atoms with Crippen molar-refractivity contribution in [2.45, 2.75) is 49.3 Å². The topological polar surface area (TPSA) is 32.3 Å². The van der Waals surface area contributed by atoms with E-state index in [1.54, 1.807) is 24.3 Å². The fourth-order valence-corrected chi connectivity index (χ4v) is 3.33. The molecular formula is C16H22F2N2OS. The first-order chi connectivity index (χ1) is 10.6. The molecule has 1 atom stereocenters. The van der Waals surface area contributed by atoms with Gasteiger partial charge in [-0.05, 0) is 50.1 Å². The molecule has 1 aromatic rings. The Balaban J connectivity index is 1.86. The fraction of sp³-hybridized carbons (Fsp3) is 0.562. The number of nitrogens with one attached hydrogen (secondary N) is 1. The predicted molar refractivity (Wildman–Crippen MR) is 86.4 cm³/mol. The molecule has 1 amide bonds. The van der Waals surface area contributed by atoms with Gasteiger partial charge in [-0.25, -0.2) is 0 Å². The second kappa shape index (κ2) is 8.48. The van der Waals surface area contributed by atoms with Gasteiger partial charge in [0.2, 0.25) is 5.91 Å². The molecule has 1 aliphatic rings. The van der Waals surface area contributed by atoms with E-state index in [2.05, 4.69) is 17.1 Å². The van der Waals surface area contributed by atoms with Crippen LogP contribution in [0.3, 0.4) is 0 Å². The summed E-state index contributed by atoms with van der Waals surface area (Å²) >= 11 is 0.503. The third-order valence-corrected chi connectivity index (χ3v) is 4.65. The van der Waals surface area contributed by atoms with Crippen molar-refractivity contribution in [1.82, 2.24) is 4.90 Å². The molecule has 0 radical (unpaired) electrons. The first kappa shape index (κ1) is 17.2. The first-order valence-electron chi connectivity index (χ1n) is 7.67. The molecule has 6 heteroatoms. The lowest BCUT2D eigenvalue weighted by molar-refractivity contribution is -0.118. The maximum absolute atomic E-state index is 12.2. The number of nitrogens with zero attached hydrogens (tertiary/aromatic N) is 1. The second-order valence-corrected chi connectivity index (χ2v) is 6.54. The Morgan fingerprint density at radius 2 is 2.09 bits per heavy atom. The van der Waals surface area contributed by atoms with E-state index in [1.807, 2.05) is 0 Å². The van der Waals surface area contributed by atoms with Crippen LogP contribution in [0.2, 0.25) is 0 Å². The highest BCUT2D eigenvalue weighted by Crippen LogP contribution is 2.26. The molecule has 1 aromatic carbocycles. The molecule has 1 heterocycles. The summed E-state index contributed by atoms with van der Waals surface area (Å²) in [6.45, 7) is 3.52. The van der Waals surface area contributed by atoms with Gasteiger partial charge in [0, 0.05) is 16.6 Å². The molecule has 1 fully saturated rings. The minimum atomic E-state index is -2.43. The zero-order chi connectivity index (χ0) is 15.9. The van der Waals surface area contributed by atoms with E-state index in [-0.39, 0.29) is 5.91 Å². The largest absolute Gasteiger partial charge is 0.325 e. The number of amides is 1. The lowest BCUT2D eigenvalue weighted by atomic mass is 10.0. The van der Waals surface area contributed by atoms with E-state index in [1.165, 1.54) is 6.42 Å². The highest BCUT2D eigenvalue weighted by atomic mass is 32.2. The van der Waals surface area contributed by atoms with Crippen LogP contribution in [0.1, 0.15) is 32.6 Å². The van der Waals surface area contributed by atoms with E-state index < -0.39 is 5.76 Å². The van der Waals surface area contributed by atoms with Crippen molar-refractivity contribution in [3.63, 3.8) is 0 Å². The molecule has 0 aliphatic carbocycles. The summed E-state index contributed by atoms with van der Waals surface area (Å²) < 4.78 is 24.5. The fourth-order valence-electron chi connectivity index (χ4n) is 2.84. The molecule has 0 bridgehead atoms. The monoisotopic (exact) mass is 328 g/mol. The smallest absolute Gasteiger partial charge is 0.288 e. The number of carbonyl (C=O) groups is 1. The molecule has 0 spiro atoms. The number of halogens is 2. The molecule has 1 unspecified atom stereocenters. The molecule has 1 saturated heterocycles. The van der Waals surface area contributed by atoms with Gasteiger partial charge in [0.05, 0.1) is 6.54 Å². The maximum atomic E-state index is 12.2. The Hall–Kier alpha value is -1.14. The summed E-state index contributed by atoms with van der Waals surface area (Å²) in [5, 5.41) is 2.84. The SMILES string of the molecule is CCC1CCCCN1CC(=O)Nc1ccc(SC(F)F)cc1. The lowest BCUT2D eigenvalue weighted by Crippen LogP contribution is -2.43. The summed E-state index contributed by atoms with van der Waals surface area (Å²) in [6.07, 6.45) is 4.60. The van der Waals surface area contributed by atoms with Gasteiger partial charge in [0.15, 0.2) is 0 Å². The van der Waals surface area contributed by atoms with E-state index >= 15 is 0 Å². The predicted octanol–water partition coefficient (Wildman–Crippen LogP) is 4.20. The van der Waals surface area contributed by atoms with Gasteiger partial charge in [-0.15, -0.1) is 0 Å². The number of hydrogen-bond acceptors (Lipinski definition) is 3. The molecule has 22 heavy (non-hydrogen) atoms. The van der Waals surface area contributed by atoms with Gasteiger partial charge >= 0.3 is 0 Å². The molecule has 2 rings (SSSR count). The molecule has 0 saturated carbocycles. The number of likely N-dealkylation sites (tertiary alicyclic amines) is 1. The Kier molecular flexibility index (Phi) is 6.64. The van der Waals surface area contributed by atoms with Crippen molar-refractivity contribution >= 4 is 23.4 Å². The molecule has 0 aromatic heterocycles. The number of benzene rings is 1. The minimum Gasteiger partial charge on any atom is -0.325 e. The summed E-state index contributed by atoms with van der Waals surface area (Å²) in [7, 11) is 0.